The molecule has 0 fully saturated rings. The lowest BCUT2D eigenvalue weighted by atomic mass is 10.0. The maximum Gasteiger partial charge on any atom is 0.231 e. The Hall–Kier alpha value is -4.26. The highest BCUT2D eigenvalue weighted by atomic mass is 16.5. The minimum atomic E-state index is -0.0474. The highest BCUT2D eigenvalue weighted by Crippen LogP contribution is 2.29. The first-order valence-electron chi connectivity index (χ1n) is 11.0. The molecule has 5 rings (SSSR count). The Morgan fingerprint density at radius 1 is 1.03 bits per heavy atom. The number of methoxy groups -OCH3 is 1. The third-order valence-corrected chi connectivity index (χ3v) is 6.07. The minimum absolute atomic E-state index is 0.0474. The molecule has 7 heteroatoms. The molecule has 0 saturated heterocycles. The van der Waals surface area contributed by atoms with E-state index in [1.807, 2.05) is 73.0 Å². The molecule has 34 heavy (non-hydrogen) atoms. The topological polar surface area (TPSA) is 72.6 Å². The number of benzene rings is 2. The van der Waals surface area contributed by atoms with Crippen LogP contribution in [0.1, 0.15) is 17.0 Å². The molecule has 0 N–H and O–H groups in total. The summed E-state index contributed by atoms with van der Waals surface area (Å²) < 4.78 is 7.12. The first-order valence-corrected chi connectivity index (χ1v) is 11.0. The third kappa shape index (κ3) is 3.85. The fourth-order valence-electron chi connectivity index (χ4n) is 4.20. The van der Waals surface area contributed by atoms with Crippen LogP contribution >= 0.6 is 0 Å². The Morgan fingerprint density at radius 2 is 1.82 bits per heavy atom. The average Bonchev–Trinajstić information content (AvgIpc) is 3.21. The van der Waals surface area contributed by atoms with Crippen LogP contribution in [0.15, 0.2) is 67.0 Å². The van der Waals surface area contributed by atoms with Gasteiger partial charge in [-0.3, -0.25) is 9.78 Å². The molecule has 170 valence electrons. The number of carbonyl (C=O) groups excluding carboxylic acids is 1. The standard InChI is InChI=1S/C27H25N5O2/c1-17-13-18(2)32-27(29-17)24(26(30-32)20-6-9-23(34-4)10-7-20)15-25(33)31(3)22-8-5-19-11-12-28-16-21(19)14-22/h5-14,16H,15H2,1-4H3. The summed E-state index contributed by atoms with van der Waals surface area (Å²) in [6.45, 7) is 3.95. The highest BCUT2D eigenvalue weighted by molar-refractivity contribution is 5.98. The number of carbonyl (C=O) groups is 1. The second-order valence-corrected chi connectivity index (χ2v) is 8.37. The van der Waals surface area contributed by atoms with Crippen molar-refractivity contribution in [2.45, 2.75) is 20.3 Å². The van der Waals surface area contributed by atoms with Gasteiger partial charge in [0.05, 0.1) is 19.2 Å². The van der Waals surface area contributed by atoms with Gasteiger partial charge < -0.3 is 9.64 Å². The van der Waals surface area contributed by atoms with Crippen LogP contribution < -0.4 is 9.64 Å². The maximum absolute atomic E-state index is 13.5. The third-order valence-electron chi connectivity index (χ3n) is 6.07. The van der Waals surface area contributed by atoms with E-state index in [0.29, 0.717) is 5.65 Å². The van der Waals surface area contributed by atoms with Gasteiger partial charge in [0.1, 0.15) is 5.75 Å². The van der Waals surface area contributed by atoms with Crippen LogP contribution in [0.2, 0.25) is 0 Å². The normalized spacial score (nSPS) is 11.2. The van der Waals surface area contributed by atoms with Crippen LogP contribution in [0, 0.1) is 13.8 Å². The summed E-state index contributed by atoms with van der Waals surface area (Å²) in [4.78, 5) is 24.1. The van der Waals surface area contributed by atoms with E-state index in [1.54, 1.807) is 31.5 Å². The molecule has 5 aromatic rings. The highest BCUT2D eigenvalue weighted by Gasteiger charge is 2.22. The molecule has 7 nitrogen and oxygen atoms in total. The number of ether oxygens (including phenoxy) is 1. The van der Waals surface area contributed by atoms with Gasteiger partial charge in [-0.25, -0.2) is 9.50 Å². The fraction of sp³-hybridized carbons (Fsp3) is 0.185. The predicted molar refractivity (Wildman–Crippen MR) is 133 cm³/mol. The van der Waals surface area contributed by atoms with Crippen LogP contribution in [0.25, 0.3) is 27.7 Å². The van der Waals surface area contributed by atoms with Crippen molar-refractivity contribution in [2.24, 2.45) is 0 Å². The van der Waals surface area contributed by atoms with Crippen molar-refractivity contribution in [2.75, 3.05) is 19.1 Å². The van der Waals surface area contributed by atoms with E-state index in [0.717, 1.165) is 50.4 Å². The molecule has 0 aliphatic carbocycles. The SMILES string of the molecule is COc1ccc(-c2nn3c(C)cc(C)nc3c2CC(=O)N(C)c2ccc3ccncc3c2)cc1. The monoisotopic (exact) mass is 451 g/mol. The maximum atomic E-state index is 13.5. The Kier molecular flexibility index (Phi) is 5.45. The zero-order valence-corrected chi connectivity index (χ0v) is 19.6. The number of hydrogen-bond donors (Lipinski definition) is 0. The number of aromatic nitrogens is 4. The quantitative estimate of drug-likeness (QED) is 0.385. The van der Waals surface area contributed by atoms with Crippen molar-refractivity contribution in [3.05, 3.63) is 83.9 Å². The van der Waals surface area contributed by atoms with Gasteiger partial charge in [0, 0.05) is 53.0 Å². The molecule has 0 radical (unpaired) electrons. The van der Waals surface area contributed by atoms with Gasteiger partial charge in [0.15, 0.2) is 5.65 Å². The molecule has 0 atom stereocenters. The van der Waals surface area contributed by atoms with E-state index in [1.165, 1.54) is 0 Å². The summed E-state index contributed by atoms with van der Waals surface area (Å²) in [6, 6.07) is 17.6. The van der Waals surface area contributed by atoms with Crippen molar-refractivity contribution in [1.29, 1.82) is 0 Å². The lowest BCUT2D eigenvalue weighted by Gasteiger charge is -2.18. The Morgan fingerprint density at radius 3 is 2.59 bits per heavy atom. The summed E-state index contributed by atoms with van der Waals surface area (Å²) in [5, 5.41) is 6.91. The number of likely N-dealkylation sites (N-methyl/N-ethyl adjacent to an activating group) is 1. The second-order valence-electron chi connectivity index (χ2n) is 8.37. The largest absolute Gasteiger partial charge is 0.497 e. The number of nitrogens with zero attached hydrogens (tertiary/aromatic N) is 5. The van der Waals surface area contributed by atoms with Crippen LogP contribution in [-0.4, -0.2) is 39.6 Å². The number of amides is 1. The van der Waals surface area contributed by atoms with Gasteiger partial charge >= 0.3 is 0 Å². The number of fused-ring (bicyclic) bond motifs is 2. The minimum Gasteiger partial charge on any atom is -0.497 e. The summed E-state index contributed by atoms with van der Waals surface area (Å²) in [5.41, 5.74) is 5.82. The van der Waals surface area contributed by atoms with Crippen LogP contribution in [-0.2, 0) is 11.2 Å². The van der Waals surface area contributed by atoms with Crippen molar-refractivity contribution in [3.8, 4) is 17.0 Å². The fourth-order valence-corrected chi connectivity index (χ4v) is 4.20. The van der Waals surface area contributed by atoms with Crippen LogP contribution in [0.5, 0.6) is 5.75 Å². The first kappa shape index (κ1) is 21.6. The molecule has 0 aliphatic rings. The summed E-state index contributed by atoms with van der Waals surface area (Å²) in [7, 11) is 3.43. The van der Waals surface area contributed by atoms with Crippen molar-refractivity contribution >= 4 is 28.0 Å². The van der Waals surface area contributed by atoms with E-state index < -0.39 is 0 Å². The van der Waals surface area contributed by atoms with Gasteiger partial charge in [-0.1, -0.05) is 6.07 Å². The lowest BCUT2D eigenvalue weighted by Crippen LogP contribution is -2.28. The molecule has 3 heterocycles. The summed E-state index contributed by atoms with van der Waals surface area (Å²) in [6.07, 6.45) is 3.74. The van der Waals surface area contributed by atoms with Gasteiger partial charge in [0.25, 0.3) is 0 Å². The zero-order valence-electron chi connectivity index (χ0n) is 19.6. The Labute approximate surface area is 197 Å². The van der Waals surface area contributed by atoms with Gasteiger partial charge in [-0.15, -0.1) is 0 Å². The predicted octanol–water partition coefficient (Wildman–Crippen LogP) is 4.78. The summed E-state index contributed by atoms with van der Waals surface area (Å²) >= 11 is 0. The van der Waals surface area contributed by atoms with E-state index in [4.69, 9.17) is 14.8 Å². The molecular formula is C27H25N5O2. The van der Waals surface area contributed by atoms with Gasteiger partial charge in [-0.2, -0.15) is 5.10 Å². The second kappa shape index (κ2) is 8.59. The lowest BCUT2D eigenvalue weighted by molar-refractivity contribution is -0.117. The van der Waals surface area contributed by atoms with E-state index in [9.17, 15) is 4.79 Å². The molecule has 0 bridgehead atoms. The molecule has 0 aliphatic heterocycles. The van der Waals surface area contributed by atoms with E-state index in [-0.39, 0.29) is 12.3 Å². The van der Waals surface area contributed by atoms with Crippen LogP contribution in [0.3, 0.4) is 0 Å². The van der Waals surface area contributed by atoms with Crippen LogP contribution in [0.4, 0.5) is 5.69 Å². The van der Waals surface area contributed by atoms with E-state index >= 15 is 0 Å². The average molecular weight is 452 g/mol. The smallest absolute Gasteiger partial charge is 0.231 e. The summed E-state index contributed by atoms with van der Waals surface area (Å²) in [5.74, 6) is 0.717. The molecule has 3 aromatic heterocycles. The number of pyridine rings is 1. The van der Waals surface area contributed by atoms with Crippen molar-refractivity contribution < 1.29 is 9.53 Å². The molecule has 1 amide bonds. The zero-order chi connectivity index (χ0) is 23.8. The molecular weight excluding hydrogens is 426 g/mol. The molecule has 0 saturated carbocycles. The molecule has 0 unspecified atom stereocenters. The van der Waals surface area contributed by atoms with Crippen molar-refractivity contribution in [3.63, 3.8) is 0 Å². The number of aryl methyl sites for hydroxylation is 2. The van der Waals surface area contributed by atoms with Gasteiger partial charge in [0.2, 0.25) is 5.91 Å². The van der Waals surface area contributed by atoms with Crippen molar-refractivity contribution in [1.82, 2.24) is 19.6 Å². The Bertz CT molecular complexity index is 1520. The van der Waals surface area contributed by atoms with E-state index in [2.05, 4.69) is 4.98 Å². The molecule has 2 aromatic carbocycles. The first-order chi connectivity index (χ1) is 16.4. The number of hydrogen-bond acceptors (Lipinski definition) is 5. The molecule has 0 spiro atoms. The number of rotatable bonds is 5. The van der Waals surface area contributed by atoms with Gasteiger partial charge in [-0.05, 0) is 67.8 Å². The number of anilines is 1. The Balaban J connectivity index is 1.56.